The highest BCUT2D eigenvalue weighted by Gasteiger charge is 2.17. The van der Waals surface area contributed by atoms with Crippen LogP contribution in [0.15, 0.2) is 53.4 Å². The molecule has 0 atom stereocenters. The van der Waals surface area contributed by atoms with Gasteiger partial charge in [0.05, 0.1) is 17.2 Å². The summed E-state index contributed by atoms with van der Waals surface area (Å²) in [5.41, 5.74) is 1.71. The van der Waals surface area contributed by atoms with Crippen molar-refractivity contribution < 1.29 is 14.3 Å². The molecule has 0 bridgehead atoms. The summed E-state index contributed by atoms with van der Waals surface area (Å²) in [4.78, 5) is 25.0. The summed E-state index contributed by atoms with van der Waals surface area (Å²) in [6.07, 6.45) is 0. The number of esters is 1. The smallest absolute Gasteiger partial charge is 0.339 e. The van der Waals surface area contributed by atoms with Crippen molar-refractivity contribution in [1.29, 1.82) is 5.26 Å². The van der Waals surface area contributed by atoms with Gasteiger partial charge < -0.3 is 10.1 Å². The molecular formula is C21H22N2O3S. The maximum absolute atomic E-state index is 12.4. The standard InChI is InChI=1S/C21H22N2O3S/c1-21(2,3)23-19(24)13-26-20(25)17-6-4-5-7-18(17)27-14-16-10-8-15(12-22)9-11-16/h4-11H,13-14H2,1-3H3,(H,23,24). The molecule has 1 amide bonds. The van der Waals surface area contributed by atoms with Crippen LogP contribution in [-0.2, 0) is 15.3 Å². The van der Waals surface area contributed by atoms with Gasteiger partial charge in [0, 0.05) is 16.2 Å². The first-order valence-electron chi connectivity index (χ1n) is 8.47. The number of ether oxygens (including phenoxy) is 1. The maximum atomic E-state index is 12.4. The predicted octanol–water partition coefficient (Wildman–Crippen LogP) is 3.92. The van der Waals surface area contributed by atoms with E-state index >= 15 is 0 Å². The molecule has 27 heavy (non-hydrogen) atoms. The normalized spacial score (nSPS) is 10.7. The predicted molar refractivity (Wildman–Crippen MR) is 105 cm³/mol. The Hall–Kier alpha value is -2.78. The van der Waals surface area contributed by atoms with E-state index in [0.717, 1.165) is 10.5 Å². The highest BCUT2D eigenvalue weighted by Crippen LogP contribution is 2.27. The Morgan fingerprint density at radius 2 is 1.78 bits per heavy atom. The number of nitrogens with one attached hydrogen (secondary N) is 1. The summed E-state index contributed by atoms with van der Waals surface area (Å²) >= 11 is 1.50. The van der Waals surface area contributed by atoms with Gasteiger partial charge in [0.15, 0.2) is 6.61 Å². The summed E-state index contributed by atoms with van der Waals surface area (Å²) in [5.74, 6) is -0.207. The van der Waals surface area contributed by atoms with Crippen LogP contribution in [-0.4, -0.2) is 24.0 Å². The number of carbonyl (C=O) groups is 2. The summed E-state index contributed by atoms with van der Waals surface area (Å²) < 4.78 is 5.16. The molecule has 0 saturated heterocycles. The lowest BCUT2D eigenvalue weighted by atomic mass is 10.1. The molecule has 2 aromatic carbocycles. The number of thioether (sulfide) groups is 1. The molecule has 0 radical (unpaired) electrons. The lowest BCUT2D eigenvalue weighted by Gasteiger charge is -2.20. The van der Waals surface area contributed by atoms with Gasteiger partial charge >= 0.3 is 5.97 Å². The second-order valence-electron chi connectivity index (χ2n) is 6.97. The lowest BCUT2D eigenvalue weighted by molar-refractivity contribution is -0.125. The van der Waals surface area contributed by atoms with Crippen LogP contribution < -0.4 is 5.32 Å². The highest BCUT2D eigenvalue weighted by atomic mass is 32.2. The Morgan fingerprint density at radius 3 is 2.41 bits per heavy atom. The fourth-order valence-electron chi connectivity index (χ4n) is 2.26. The zero-order valence-electron chi connectivity index (χ0n) is 15.6. The van der Waals surface area contributed by atoms with Crippen LogP contribution >= 0.6 is 11.8 Å². The van der Waals surface area contributed by atoms with E-state index in [1.165, 1.54) is 11.8 Å². The van der Waals surface area contributed by atoms with Crippen molar-refractivity contribution in [2.24, 2.45) is 0 Å². The summed E-state index contributed by atoms with van der Waals surface area (Å²) in [7, 11) is 0. The average Bonchev–Trinajstić information content (AvgIpc) is 2.63. The van der Waals surface area contributed by atoms with Crippen molar-refractivity contribution >= 4 is 23.6 Å². The molecule has 2 rings (SSSR count). The summed E-state index contributed by atoms with van der Waals surface area (Å²) in [6.45, 7) is 5.27. The number of rotatable bonds is 6. The first-order chi connectivity index (χ1) is 12.8. The number of nitrogens with zero attached hydrogens (tertiary/aromatic N) is 1. The molecule has 0 aliphatic carbocycles. The second-order valence-corrected chi connectivity index (χ2v) is 7.99. The van der Waals surface area contributed by atoms with E-state index in [4.69, 9.17) is 10.00 Å². The third kappa shape index (κ3) is 6.80. The molecule has 140 valence electrons. The van der Waals surface area contributed by atoms with Crippen molar-refractivity contribution in [3.8, 4) is 6.07 Å². The van der Waals surface area contributed by atoms with E-state index in [-0.39, 0.29) is 18.1 Å². The number of carbonyl (C=O) groups excluding carboxylic acids is 2. The number of amides is 1. The number of hydrogen-bond donors (Lipinski definition) is 1. The van der Waals surface area contributed by atoms with Crippen LogP contribution in [0.3, 0.4) is 0 Å². The molecule has 0 aliphatic heterocycles. The third-order valence-electron chi connectivity index (χ3n) is 3.43. The molecule has 5 nitrogen and oxygen atoms in total. The van der Waals surface area contributed by atoms with E-state index in [0.29, 0.717) is 16.9 Å². The monoisotopic (exact) mass is 382 g/mol. The summed E-state index contributed by atoms with van der Waals surface area (Å²) in [6, 6.07) is 16.6. The molecule has 6 heteroatoms. The minimum absolute atomic E-state index is 0.315. The highest BCUT2D eigenvalue weighted by molar-refractivity contribution is 7.98. The largest absolute Gasteiger partial charge is 0.452 e. The van der Waals surface area contributed by atoms with Gasteiger partial charge in [-0.05, 0) is 50.6 Å². The minimum atomic E-state index is -0.526. The first kappa shape index (κ1) is 20.5. The molecule has 0 saturated carbocycles. The van der Waals surface area contributed by atoms with Crippen molar-refractivity contribution in [2.75, 3.05) is 6.61 Å². The molecular weight excluding hydrogens is 360 g/mol. The number of nitriles is 1. The molecule has 0 aromatic heterocycles. The molecule has 2 aromatic rings. The van der Waals surface area contributed by atoms with E-state index in [9.17, 15) is 9.59 Å². The Bertz CT molecular complexity index is 849. The fourth-order valence-corrected chi connectivity index (χ4v) is 3.26. The fraction of sp³-hybridized carbons (Fsp3) is 0.286. The Kier molecular flexibility index (Phi) is 7.03. The van der Waals surface area contributed by atoms with Gasteiger partial charge in [0.1, 0.15) is 0 Å². The van der Waals surface area contributed by atoms with Gasteiger partial charge in [0.2, 0.25) is 0 Å². The van der Waals surface area contributed by atoms with Gasteiger partial charge in [-0.3, -0.25) is 4.79 Å². The van der Waals surface area contributed by atoms with Crippen LogP contribution in [0.1, 0.15) is 42.3 Å². The van der Waals surface area contributed by atoms with Crippen LogP contribution in [0.25, 0.3) is 0 Å². The average molecular weight is 382 g/mol. The molecule has 0 spiro atoms. The third-order valence-corrected chi connectivity index (χ3v) is 4.58. The van der Waals surface area contributed by atoms with Crippen LogP contribution in [0, 0.1) is 11.3 Å². The lowest BCUT2D eigenvalue weighted by Crippen LogP contribution is -2.42. The van der Waals surface area contributed by atoms with Crippen molar-refractivity contribution in [3.05, 3.63) is 65.2 Å². The van der Waals surface area contributed by atoms with Gasteiger partial charge in [-0.2, -0.15) is 5.26 Å². The zero-order chi connectivity index (χ0) is 19.9. The van der Waals surface area contributed by atoms with Crippen LogP contribution in [0.4, 0.5) is 0 Å². The number of hydrogen-bond acceptors (Lipinski definition) is 5. The van der Waals surface area contributed by atoms with Crippen molar-refractivity contribution in [1.82, 2.24) is 5.32 Å². The van der Waals surface area contributed by atoms with Gasteiger partial charge in [0.25, 0.3) is 5.91 Å². The van der Waals surface area contributed by atoms with Crippen molar-refractivity contribution in [2.45, 2.75) is 37.0 Å². The quantitative estimate of drug-likeness (QED) is 0.605. The molecule has 0 unspecified atom stereocenters. The topological polar surface area (TPSA) is 79.2 Å². The second kappa shape index (κ2) is 9.24. The van der Waals surface area contributed by atoms with E-state index < -0.39 is 5.97 Å². The van der Waals surface area contributed by atoms with E-state index in [2.05, 4.69) is 11.4 Å². The summed E-state index contributed by atoms with van der Waals surface area (Å²) in [5, 5.41) is 11.6. The SMILES string of the molecule is CC(C)(C)NC(=O)COC(=O)c1ccccc1SCc1ccc(C#N)cc1. The van der Waals surface area contributed by atoms with Crippen LogP contribution in [0.5, 0.6) is 0 Å². The Balaban J connectivity index is 1.98. The van der Waals surface area contributed by atoms with E-state index in [1.807, 2.05) is 45.0 Å². The molecule has 1 N–H and O–H groups in total. The van der Waals surface area contributed by atoms with Crippen molar-refractivity contribution in [3.63, 3.8) is 0 Å². The first-order valence-corrected chi connectivity index (χ1v) is 9.46. The molecule has 0 fully saturated rings. The van der Waals surface area contributed by atoms with E-state index in [1.54, 1.807) is 24.3 Å². The van der Waals surface area contributed by atoms with Gasteiger partial charge in [-0.15, -0.1) is 11.8 Å². The minimum Gasteiger partial charge on any atom is -0.452 e. The maximum Gasteiger partial charge on any atom is 0.339 e. The van der Waals surface area contributed by atoms with Crippen LogP contribution in [0.2, 0.25) is 0 Å². The zero-order valence-corrected chi connectivity index (χ0v) is 16.4. The Morgan fingerprint density at radius 1 is 1.11 bits per heavy atom. The Labute approximate surface area is 163 Å². The molecule has 0 aliphatic rings. The number of benzene rings is 2. The van der Waals surface area contributed by atoms with Gasteiger partial charge in [-0.1, -0.05) is 24.3 Å². The molecule has 0 heterocycles. The van der Waals surface area contributed by atoms with Gasteiger partial charge in [-0.25, -0.2) is 4.79 Å².